The highest BCUT2D eigenvalue weighted by Crippen LogP contribution is 2.15. The van der Waals surface area contributed by atoms with Gasteiger partial charge in [0, 0.05) is 18.1 Å². The first kappa shape index (κ1) is 35.2. The van der Waals surface area contributed by atoms with Gasteiger partial charge in [-0.15, -0.1) is 0 Å². The number of aromatic nitrogens is 1. The van der Waals surface area contributed by atoms with E-state index in [0.717, 1.165) is 0 Å². The zero-order valence-electron chi connectivity index (χ0n) is 26.5. The summed E-state index contributed by atoms with van der Waals surface area (Å²) in [4.78, 5) is 0. The van der Waals surface area contributed by atoms with Crippen LogP contribution < -0.4 is 4.57 Å². The number of hydrogen-bond donors (Lipinski definition) is 0. The van der Waals surface area contributed by atoms with E-state index in [-0.39, 0.29) is 0 Å². The van der Waals surface area contributed by atoms with Crippen molar-refractivity contribution >= 4 is 0 Å². The van der Waals surface area contributed by atoms with Gasteiger partial charge in [-0.25, -0.2) is 4.57 Å². The number of nitrogens with zero attached hydrogens (tertiary/aromatic N) is 1. The second-order valence-electron chi connectivity index (χ2n) is 12.4. The molecule has 0 fully saturated rings. The molecule has 1 heteroatoms. The van der Waals surface area contributed by atoms with Crippen LogP contribution in [0.15, 0.2) is 24.5 Å². The van der Waals surface area contributed by atoms with Crippen molar-refractivity contribution in [2.24, 2.45) is 0 Å². The number of unbranched alkanes of at least 4 members (excludes halogenated alkanes) is 26. The second kappa shape index (κ2) is 29.1. The molecule has 0 unspecified atom stereocenters. The van der Waals surface area contributed by atoms with Crippen LogP contribution in [0.2, 0.25) is 0 Å². The predicted molar refractivity (Wildman–Crippen MR) is 171 cm³/mol. The van der Waals surface area contributed by atoms with Gasteiger partial charge in [0.2, 0.25) is 0 Å². The van der Waals surface area contributed by atoms with Crippen LogP contribution in [0.1, 0.15) is 199 Å². The first-order valence-corrected chi connectivity index (χ1v) is 17.8. The lowest BCUT2D eigenvalue weighted by Crippen LogP contribution is -2.33. The van der Waals surface area contributed by atoms with Crippen molar-refractivity contribution in [2.45, 2.75) is 207 Å². The number of hydrogen-bond acceptors (Lipinski definition) is 0. The maximum Gasteiger partial charge on any atom is 0.171 e. The Hall–Kier alpha value is -0.850. The van der Waals surface area contributed by atoms with Crippen molar-refractivity contribution in [1.29, 1.82) is 0 Å². The van der Waals surface area contributed by atoms with Gasteiger partial charge in [0.1, 0.15) is 6.54 Å². The summed E-state index contributed by atoms with van der Waals surface area (Å²) < 4.78 is 2.44. The van der Waals surface area contributed by atoms with Crippen molar-refractivity contribution in [2.75, 3.05) is 0 Å². The normalized spacial score (nSPS) is 11.4. The van der Waals surface area contributed by atoms with Gasteiger partial charge in [-0.1, -0.05) is 174 Å². The molecule has 1 nitrogen and oxygen atoms in total. The highest BCUT2D eigenvalue weighted by molar-refractivity contribution is 5.05. The molecule has 0 bridgehead atoms. The van der Waals surface area contributed by atoms with Crippen molar-refractivity contribution in [1.82, 2.24) is 0 Å². The molecule has 0 saturated heterocycles. The molecule has 0 aliphatic rings. The Bertz CT molecular complexity index is 533. The van der Waals surface area contributed by atoms with Crippen LogP contribution >= 0.6 is 0 Å². The van der Waals surface area contributed by atoms with E-state index in [1.807, 2.05) is 0 Å². The summed E-state index contributed by atoms with van der Waals surface area (Å²) in [7, 11) is 0. The van der Waals surface area contributed by atoms with Crippen LogP contribution in [-0.4, -0.2) is 0 Å². The van der Waals surface area contributed by atoms with E-state index in [0.29, 0.717) is 0 Å². The quantitative estimate of drug-likeness (QED) is 0.0690. The van der Waals surface area contributed by atoms with Gasteiger partial charge in [-0.2, -0.15) is 0 Å². The molecule has 0 radical (unpaired) electrons. The molecule has 0 aromatic carbocycles. The molecule has 38 heavy (non-hydrogen) atoms. The fraction of sp³-hybridized carbons (Fsp3) is 0.865. The van der Waals surface area contributed by atoms with E-state index in [9.17, 15) is 0 Å². The molecule has 0 spiro atoms. The maximum atomic E-state index is 2.44. The molecule has 222 valence electrons. The molecule has 0 aliphatic carbocycles. The summed E-state index contributed by atoms with van der Waals surface area (Å²) >= 11 is 0. The van der Waals surface area contributed by atoms with Gasteiger partial charge >= 0.3 is 0 Å². The molecule has 1 heterocycles. The maximum absolute atomic E-state index is 2.44. The van der Waals surface area contributed by atoms with Crippen LogP contribution in [0.3, 0.4) is 0 Å². The Kier molecular flexibility index (Phi) is 27.0. The molecule has 0 saturated carbocycles. The minimum absolute atomic E-state index is 1.20. The topological polar surface area (TPSA) is 3.88 Å². The lowest BCUT2D eigenvalue weighted by Gasteiger charge is -2.04. The van der Waals surface area contributed by atoms with E-state index in [1.165, 1.54) is 198 Å². The van der Waals surface area contributed by atoms with Crippen molar-refractivity contribution in [3.8, 4) is 0 Å². The van der Waals surface area contributed by atoms with Crippen LogP contribution in [0.25, 0.3) is 0 Å². The minimum Gasteiger partial charge on any atom is -0.205 e. The van der Waals surface area contributed by atoms with Gasteiger partial charge in [0.15, 0.2) is 12.4 Å². The smallest absolute Gasteiger partial charge is 0.171 e. The van der Waals surface area contributed by atoms with E-state index >= 15 is 0 Å². The third-order valence-corrected chi connectivity index (χ3v) is 8.51. The fourth-order valence-corrected chi connectivity index (χ4v) is 5.88. The average Bonchev–Trinajstić information content (AvgIpc) is 2.93. The van der Waals surface area contributed by atoms with Crippen LogP contribution in [0, 0.1) is 0 Å². The molecule has 0 amide bonds. The lowest BCUT2D eigenvalue weighted by molar-refractivity contribution is -0.697. The Morgan fingerprint density at radius 1 is 0.421 bits per heavy atom. The van der Waals surface area contributed by atoms with Gasteiger partial charge in [0.25, 0.3) is 0 Å². The zero-order valence-corrected chi connectivity index (χ0v) is 26.5. The minimum atomic E-state index is 1.20. The molecule has 0 aliphatic heterocycles. The summed E-state index contributed by atoms with van der Waals surface area (Å²) in [5.41, 5.74) is 1.54. The molecular formula is C37H70N+. The number of pyridine rings is 1. The third-order valence-electron chi connectivity index (χ3n) is 8.51. The fourth-order valence-electron chi connectivity index (χ4n) is 5.88. The first-order chi connectivity index (χ1) is 18.9. The molecule has 0 N–H and O–H groups in total. The predicted octanol–water partition coefficient (Wildman–Crippen LogP) is 12.5. The van der Waals surface area contributed by atoms with Crippen LogP contribution in [0.4, 0.5) is 0 Å². The third kappa shape index (κ3) is 24.2. The molecule has 1 rings (SSSR count). The molecule has 1 aromatic heterocycles. The largest absolute Gasteiger partial charge is 0.205 e. The van der Waals surface area contributed by atoms with Gasteiger partial charge in [-0.05, 0) is 25.3 Å². The van der Waals surface area contributed by atoms with Gasteiger partial charge in [0.05, 0.1) is 0 Å². The highest BCUT2D eigenvalue weighted by atomic mass is 14.9. The zero-order chi connectivity index (χ0) is 27.2. The monoisotopic (exact) mass is 529 g/mol. The van der Waals surface area contributed by atoms with E-state index in [2.05, 4.69) is 42.9 Å². The Labute approximate surface area is 241 Å². The Morgan fingerprint density at radius 3 is 1.16 bits per heavy atom. The van der Waals surface area contributed by atoms with Gasteiger partial charge in [-0.3, -0.25) is 0 Å². The molecule has 0 atom stereocenters. The van der Waals surface area contributed by atoms with Crippen LogP contribution in [-0.2, 0) is 13.0 Å². The number of aryl methyl sites for hydroxylation is 2. The van der Waals surface area contributed by atoms with Crippen molar-refractivity contribution < 1.29 is 4.57 Å². The summed E-state index contributed by atoms with van der Waals surface area (Å²) in [6.45, 7) is 5.81. The Balaban J connectivity index is 1.88. The average molecular weight is 529 g/mol. The number of rotatable bonds is 30. The highest BCUT2D eigenvalue weighted by Gasteiger charge is 2.03. The summed E-state index contributed by atoms with van der Waals surface area (Å²) in [5.74, 6) is 0. The van der Waals surface area contributed by atoms with E-state index in [1.54, 1.807) is 0 Å². The van der Waals surface area contributed by atoms with Crippen LogP contribution in [0.5, 0.6) is 0 Å². The lowest BCUT2D eigenvalue weighted by atomic mass is 10.0. The van der Waals surface area contributed by atoms with E-state index in [4.69, 9.17) is 0 Å². The summed E-state index contributed by atoms with van der Waals surface area (Å²) in [6.07, 6.45) is 46.3. The SMILES string of the molecule is CCCCCCCCCCCCCCCCc1ccc[n+](CCCCCCCCCCCCCCCC)c1. The van der Waals surface area contributed by atoms with Gasteiger partial charge < -0.3 is 0 Å². The van der Waals surface area contributed by atoms with Crippen molar-refractivity contribution in [3.63, 3.8) is 0 Å². The van der Waals surface area contributed by atoms with Crippen molar-refractivity contribution in [3.05, 3.63) is 30.1 Å². The standard InChI is InChI=1S/C37H70N/c1-3-5-7-9-11-13-15-17-19-21-23-25-27-29-32-37-33-31-35-38(36-37)34-30-28-26-24-22-20-18-16-14-12-10-8-6-4-2/h31,33,35-36H,3-30,32,34H2,1-2H3/q+1. The van der Waals surface area contributed by atoms with E-state index < -0.39 is 0 Å². The molecular weight excluding hydrogens is 458 g/mol. The Morgan fingerprint density at radius 2 is 0.763 bits per heavy atom. The first-order valence-electron chi connectivity index (χ1n) is 17.8. The molecule has 1 aromatic rings. The second-order valence-corrected chi connectivity index (χ2v) is 12.4. The summed E-state index contributed by atoms with van der Waals surface area (Å²) in [5, 5.41) is 0. The summed E-state index contributed by atoms with van der Waals surface area (Å²) in [6, 6.07) is 4.60.